The molecule has 0 atom stereocenters. The van der Waals surface area contributed by atoms with Gasteiger partial charge in [-0.1, -0.05) is 6.07 Å². The van der Waals surface area contributed by atoms with Gasteiger partial charge < -0.3 is 14.8 Å². The lowest BCUT2D eigenvalue weighted by Gasteiger charge is -2.10. The lowest BCUT2D eigenvalue weighted by atomic mass is 10.1. The zero-order valence-electron chi connectivity index (χ0n) is 16.0. The fourth-order valence-corrected chi connectivity index (χ4v) is 3.79. The Morgan fingerprint density at radius 3 is 2.87 bits per heavy atom. The minimum Gasteiger partial charge on any atom is -0.454 e. The first-order valence-corrected chi connectivity index (χ1v) is 10.2. The van der Waals surface area contributed by atoms with E-state index >= 15 is 0 Å². The van der Waals surface area contributed by atoms with Crippen LogP contribution in [0.3, 0.4) is 0 Å². The van der Waals surface area contributed by atoms with E-state index in [0.717, 1.165) is 5.56 Å². The van der Waals surface area contributed by atoms with Gasteiger partial charge in [-0.15, -0.1) is 11.3 Å². The van der Waals surface area contributed by atoms with Gasteiger partial charge in [0.15, 0.2) is 16.6 Å². The number of thiazole rings is 1. The van der Waals surface area contributed by atoms with E-state index in [4.69, 9.17) is 9.47 Å². The van der Waals surface area contributed by atoms with Crippen LogP contribution < -0.4 is 20.1 Å². The highest BCUT2D eigenvalue weighted by Gasteiger charge is 2.17. The Morgan fingerprint density at radius 2 is 1.97 bits per heavy atom. The number of hydrogen-bond donors (Lipinski definition) is 2. The molecule has 3 heterocycles. The van der Waals surface area contributed by atoms with Crippen LogP contribution >= 0.6 is 11.3 Å². The average molecular weight is 434 g/mol. The summed E-state index contributed by atoms with van der Waals surface area (Å²) in [6.45, 7) is 0.203. The Morgan fingerprint density at radius 1 is 1.06 bits per heavy atom. The second-order valence-corrected chi connectivity index (χ2v) is 7.45. The van der Waals surface area contributed by atoms with E-state index in [1.54, 1.807) is 30.5 Å². The minimum absolute atomic E-state index is 0.203. The normalized spacial score (nSPS) is 11.9. The van der Waals surface area contributed by atoms with Crippen molar-refractivity contribution in [1.29, 1.82) is 0 Å². The summed E-state index contributed by atoms with van der Waals surface area (Å²) in [5, 5.41) is 8.07. The summed E-state index contributed by atoms with van der Waals surface area (Å²) in [6, 6.07) is 14.8. The third-order valence-corrected chi connectivity index (χ3v) is 5.29. The van der Waals surface area contributed by atoms with Crippen molar-refractivity contribution in [2.45, 2.75) is 0 Å². The van der Waals surface area contributed by atoms with Gasteiger partial charge in [-0.25, -0.2) is 14.4 Å². The molecule has 1 aliphatic heterocycles. The number of anilines is 3. The minimum atomic E-state index is -0.384. The largest absolute Gasteiger partial charge is 0.454 e. The van der Waals surface area contributed by atoms with E-state index in [9.17, 15) is 9.18 Å². The van der Waals surface area contributed by atoms with E-state index in [0.29, 0.717) is 39.4 Å². The summed E-state index contributed by atoms with van der Waals surface area (Å²) in [7, 11) is 0. The first-order chi connectivity index (χ1) is 15.2. The Balaban J connectivity index is 1.34. The smallest absolute Gasteiger partial charge is 0.261 e. The molecule has 154 valence electrons. The van der Waals surface area contributed by atoms with Crippen molar-refractivity contribution in [3.63, 3.8) is 0 Å². The Labute approximate surface area is 180 Å². The molecule has 0 fully saturated rings. The van der Waals surface area contributed by atoms with Gasteiger partial charge >= 0.3 is 0 Å². The summed E-state index contributed by atoms with van der Waals surface area (Å²) < 4.78 is 24.2. The number of fused-ring (bicyclic) bond motifs is 1. The summed E-state index contributed by atoms with van der Waals surface area (Å²) in [6.07, 6.45) is 1.56. The Hall–Kier alpha value is -3.98. The van der Waals surface area contributed by atoms with Crippen molar-refractivity contribution in [3.8, 4) is 22.8 Å². The predicted octanol–water partition coefficient (Wildman–Crippen LogP) is 5.07. The summed E-state index contributed by atoms with van der Waals surface area (Å²) in [4.78, 5) is 21.6. The summed E-state index contributed by atoms with van der Waals surface area (Å²) >= 11 is 1.31. The number of carbonyl (C=O) groups is 1. The molecule has 5 rings (SSSR count). The van der Waals surface area contributed by atoms with Crippen molar-refractivity contribution in [3.05, 3.63) is 77.6 Å². The molecule has 4 aromatic rings. The number of ether oxygens (including phenoxy) is 2. The Bertz CT molecular complexity index is 1280. The molecule has 0 radical (unpaired) electrons. The lowest BCUT2D eigenvalue weighted by molar-refractivity contribution is 0.102. The number of halogens is 1. The molecule has 1 aliphatic rings. The van der Waals surface area contributed by atoms with Crippen LogP contribution in [0.2, 0.25) is 0 Å². The van der Waals surface area contributed by atoms with Gasteiger partial charge in [0.05, 0.1) is 11.3 Å². The third-order valence-electron chi connectivity index (χ3n) is 4.53. The van der Waals surface area contributed by atoms with Gasteiger partial charge in [0, 0.05) is 22.8 Å². The van der Waals surface area contributed by atoms with Crippen LogP contribution in [0.1, 0.15) is 10.4 Å². The van der Waals surface area contributed by atoms with Crippen LogP contribution in [0.5, 0.6) is 11.5 Å². The number of aromatic nitrogens is 2. The topological polar surface area (TPSA) is 85.4 Å². The SMILES string of the molecule is O=C(Nc1nc(-c2ccc3c(c2)OCO3)cs1)c1cccnc1Nc1cccc(F)c1. The molecular weight excluding hydrogens is 419 g/mol. The maximum absolute atomic E-state index is 13.5. The first-order valence-electron chi connectivity index (χ1n) is 9.30. The van der Waals surface area contributed by atoms with E-state index < -0.39 is 0 Å². The zero-order chi connectivity index (χ0) is 21.2. The van der Waals surface area contributed by atoms with Gasteiger partial charge in [-0.05, 0) is 48.5 Å². The van der Waals surface area contributed by atoms with Crippen LogP contribution in [0, 0.1) is 5.82 Å². The third kappa shape index (κ3) is 4.03. The van der Waals surface area contributed by atoms with Crippen molar-refractivity contribution < 1.29 is 18.7 Å². The van der Waals surface area contributed by atoms with Gasteiger partial charge in [-0.3, -0.25) is 10.1 Å². The highest BCUT2D eigenvalue weighted by molar-refractivity contribution is 7.14. The van der Waals surface area contributed by atoms with Crippen LogP contribution in [0.15, 0.2) is 66.2 Å². The summed E-state index contributed by atoms with van der Waals surface area (Å²) in [5.41, 5.74) is 2.37. The van der Waals surface area contributed by atoms with Gasteiger partial charge in [0.1, 0.15) is 11.6 Å². The van der Waals surface area contributed by atoms with Crippen molar-refractivity contribution in [2.24, 2.45) is 0 Å². The molecule has 0 saturated carbocycles. The predicted molar refractivity (Wildman–Crippen MR) is 116 cm³/mol. The quantitative estimate of drug-likeness (QED) is 0.456. The standard InChI is InChI=1S/C22H15FN4O3S/c23-14-3-1-4-15(10-14)25-20-16(5-2-8-24-20)21(28)27-22-26-17(11-31-22)13-6-7-18-19(9-13)30-12-29-18/h1-11H,12H2,(H,24,25)(H,26,27,28). The van der Waals surface area contributed by atoms with Crippen molar-refractivity contribution in [1.82, 2.24) is 9.97 Å². The number of hydrogen-bond acceptors (Lipinski definition) is 7. The Kier molecular flexibility index (Phi) is 4.93. The number of nitrogens with one attached hydrogen (secondary N) is 2. The second-order valence-electron chi connectivity index (χ2n) is 6.59. The highest BCUT2D eigenvalue weighted by atomic mass is 32.1. The molecule has 0 bridgehead atoms. The van der Waals surface area contributed by atoms with Crippen molar-refractivity contribution >= 4 is 33.9 Å². The molecule has 0 saturated heterocycles. The van der Waals surface area contributed by atoms with Crippen LogP contribution in [-0.4, -0.2) is 22.7 Å². The van der Waals surface area contributed by atoms with Crippen LogP contribution in [-0.2, 0) is 0 Å². The number of amides is 1. The van der Waals surface area contributed by atoms with Gasteiger partial charge in [0.2, 0.25) is 6.79 Å². The number of benzene rings is 2. The van der Waals surface area contributed by atoms with Gasteiger partial charge in [0.25, 0.3) is 5.91 Å². The average Bonchev–Trinajstić information content (AvgIpc) is 3.43. The fourth-order valence-electron chi connectivity index (χ4n) is 3.08. The number of carbonyl (C=O) groups excluding carboxylic acids is 1. The lowest BCUT2D eigenvalue weighted by Crippen LogP contribution is -2.14. The molecule has 2 aromatic heterocycles. The molecular formula is C22H15FN4O3S. The first kappa shape index (κ1) is 19.0. The van der Waals surface area contributed by atoms with Crippen molar-refractivity contribution in [2.75, 3.05) is 17.4 Å². The van der Waals surface area contributed by atoms with E-state index in [1.807, 2.05) is 23.6 Å². The van der Waals surface area contributed by atoms with E-state index in [1.165, 1.54) is 23.5 Å². The van der Waals surface area contributed by atoms with Crippen LogP contribution in [0.25, 0.3) is 11.3 Å². The molecule has 0 unspecified atom stereocenters. The molecule has 2 N–H and O–H groups in total. The molecule has 31 heavy (non-hydrogen) atoms. The number of rotatable bonds is 5. The fraction of sp³-hybridized carbons (Fsp3) is 0.0455. The number of nitrogens with zero attached hydrogens (tertiary/aromatic N) is 2. The number of pyridine rings is 1. The van der Waals surface area contributed by atoms with Gasteiger partial charge in [-0.2, -0.15) is 0 Å². The maximum atomic E-state index is 13.5. The molecule has 0 aliphatic carbocycles. The van der Waals surface area contributed by atoms with E-state index in [-0.39, 0.29) is 18.5 Å². The van der Waals surface area contributed by atoms with E-state index in [2.05, 4.69) is 20.6 Å². The van der Waals surface area contributed by atoms with Crippen LogP contribution in [0.4, 0.5) is 21.0 Å². The molecule has 7 nitrogen and oxygen atoms in total. The molecule has 1 amide bonds. The molecule has 2 aromatic carbocycles. The molecule has 0 spiro atoms. The maximum Gasteiger partial charge on any atom is 0.261 e. The summed E-state index contributed by atoms with van der Waals surface area (Å²) in [5.74, 6) is 0.921. The monoisotopic (exact) mass is 434 g/mol. The zero-order valence-corrected chi connectivity index (χ0v) is 16.8. The molecule has 9 heteroatoms. The second kappa shape index (κ2) is 8.04. The highest BCUT2D eigenvalue weighted by Crippen LogP contribution is 2.36.